The molecule has 16 heavy (non-hydrogen) atoms. The summed E-state index contributed by atoms with van der Waals surface area (Å²) in [5.41, 5.74) is 0. The Balaban J connectivity index is 2.05. The van der Waals surface area contributed by atoms with Crippen molar-refractivity contribution in [2.75, 3.05) is 12.9 Å². The van der Waals surface area contributed by atoms with Gasteiger partial charge in [-0.25, -0.2) is 0 Å². The number of aromatic nitrogens is 3. The molecule has 0 unspecified atom stereocenters. The van der Waals surface area contributed by atoms with E-state index in [0.29, 0.717) is 11.7 Å². The van der Waals surface area contributed by atoms with Gasteiger partial charge in [0, 0.05) is 12.5 Å². The second-order valence-electron chi connectivity index (χ2n) is 3.72. The van der Waals surface area contributed by atoms with E-state index in [1.807, 2.05) is 0 Å². The minimum absolute atomic E-state index is 0.233. The summed E-state index contributed by atoms with van der Waals surface area (Å²) < 4.78 is 6.68. The maximum atomic E-state index is 11.0. The van der Waals surface area contributed by atoms with E-state index < -0.39 is 0 Å². The molecule has 1 aromatic rings. The molecule has 0 saturated heterocycles. The van der Waals surface area contributed by atoms with E-state index in [9.17, 15) is 4.79 Å². The fourth-order valence-corrected chi connectivity index (χ4v) is 2.37. The predicted octanol–water partition coefficient (Wildman–Crippen LogP) is 1.44. The molecule has 5 nitrogen and oxygen atoms in total. The SMILES string of the molecule is CCn1c(SCC(=O)OC)nnc1C1CC1. The normalized spacial score (nSPS) is 15.1. The lowest BCUT2D eigenvalue weighted by atomic mass is 10.4. The number of esters is 1. The standard InChI is InChI=1S/C10H15N3O2S/c1-3-13-9(7-4-5-7)11-12-10(13)16-6-8(14)15-2/h7H,3-6H2,1-2H3. The Labute approximate surface area is 98.6 Å². The van der Waals surface area contributed by atoms with Crippen LogP contribution in [0.25, 0.3) is 0 Å². The topological polar surface area (TPSA) is 57.0 Å². The molecular weight excluding hydrogens is 226 g/mol. The van der Waals surface area contributed by atoms with Crippen LogP contribution in [0.4, 0.5) is 0 Å². The van der Waals surface area contributed by atoms with E-state index >= 15 is 0 Å². The average molecular weight is 241 g/mol. The second kappa shape index (κ2) is 4.86. The molecule has 1 aliphatic rings. The maximum absolute atomic E-state index is 11.0. The first kappa shape index (κ1) is 11.4. The number of nitrogens with zero attached hydrogens (tertiary/aromatic N) is 3. The van der Waals surface area contributed by atoms with E-state index in [4.69, 9.17) is 0 Å². The van der Waals surface area contributed by atoms with Crippen molar-refractivity contribution < 1.29 is 9.53 Å². The monoisotopic (exact) mass is 241 g/mol. The molecule has 1 aliphatic carbocycles. The molecule has 1 aromatic heterocycles. The second-order valence-corrected chi connectivity index (χ2v) is 4.67. The number of carbonyl (C=O) groups is 1. The van der Waals surface area contributed by atoms with Gasteiger partial charge in [0.2, 0.25) is 0 Å². The lowest BCUT2D eigenvalue weighted by Gasteiger charge is -2.05. The van der Waals surface area contributed by atoms with Crippen LogP contribution in [-0.2, 0) is 16.1 Å². The van der Waals surface area contributed by atoms with Crippen molar-refractivity contribution in [3.05, 3.63) is 5.82 Å². The van der Waals surface area contributed by atoms with Gasteiger partial charge in [0.15, 0.2) is 5.16 Å². The van der Waals surface area contributed by atoms with Gasteiger partial charge in [0.05, 0.1) is 12.9 Å². The van der Waals surface area contributed by atoms with Gasteiger partial charge in [-0.05, 0) is 19.8 Å². The number of hydrogen-bond donors (Lipinski definition) is 0. The van der Waals surface area contributed by atoms with E-state index in [1.165, 1.54) is 31.7 Å². The van der Waals surface area contributed by atoms with E-state index in [0.717, 1.165) is 17.5 Å². The first-order valence-corrected chi connectivity index (χ1v) is 6.37. The summed E-state index contributed by atoms with van der Waals surface area (Å²) in [7, 11) is 1.39. The molecular formula is C10H15N3O2S. The lowest BCUT2D eigenvalue weighted by molar-refractivity contribution is -0.137. The van der Waals surface area contributed by atoms with Gasteiger partial charge >= 0.3 is 5.97 Å². The van der Waals surface area contributed by atoms with Gasteiger partial charge in [-0.15, -0.1) is 10.2 Å². The molecule has 1 fully saturated rings. The summed E-state index contributed by atoms with van der Waals surface area (Å²) in [6.07, 6.45) is 2.42. The highest BCUT2D eigenvalue weighted by Gasteiger charge is 2.30. The Hall–Kier alpha value is -1.04. The summed E-state index contributed by atoms with van der Waals surface area (Å²) in [6, 6.07) is 0. The summed E-state index contributed by atoms with van der Waals surface area (Å²) >= 11 is 1.39. The fraction of sp³-hybridized carbons (Fsp3) is 0.700. The third kappa shape index (κ3) is 2.37. The van der Waals surface area contributed by atoms with Crippen LogP contribution in [0.15, 0.2) is 5.16 Å². The molecule has 0 aromatic carbocycles. The van der Waals surface area contributed by atoms with Gasteiger partial charge in [0.25, 0.3) is 0 Å². The van der Waals surface area contributed by atoms with Crippen molar-refractivity contribution >= 4 is 17.7 Å². The van der Waals surface area contributed by atoms with Crippen LogP contribution < -0.4 is 0 Å². The van der Waals surface area contributed by atoms with E-state index in [1.54, 1.807) is 0 Å². The molecule has 0 atom stereocenters. The molecule has 1 heterocycles. The van der Waals surface area contributed by atoms with Crippen LogP contribution in [-0.4, -0.2) is 33.6 Å². The summed E-state index contributed by atoms with van der Waals surface area (Å²) in [4.78, 5) is 11.0. The number of thioether (sulfide) groups is 1. The quantitative estimate of drug-likeness (QED) is 0.576. The minimum Gasteiger partial charge on any atom is -0.468 e. The summed E-state index contributed by atoms with van der Waals surface area (Å²) in [6.45, 7) is 2.92. The van der Waals surface area contributed by atoms with Crippen molar-refractivity contribution in [2.45, 2.75) is 37.4 Å². The highest BCUT2D eigenvalue weighted by molar-refractivity contribution is 7.99. The number of rotatable bonds is 5. The third-order valence-electron chi connectivity index (χ3n) is 2.55. The first-order chi connectivity index (χ1) is 7.76. The molecule has 0 N–H and O–H groups in total. The van der Waals surface area contributed by atoms with Crippen molar-refractivity contribution in [2.24, 2.45) is 0 Å². The third-order valence-corrected chi connectivity index (χ3v) is 3.49. The smallest absolute Gasteiger partial charge is 0.316 e. The minimum atomic E-state index is -0.233. The Morgan fingerprint density at radius 3 is 2.88 bits per heavy atom. The molecule has 2 rings (SSSR count). The molecule has 0 amide bonds. The molecule has 0 spiro atoms. The van der Waals surface area contributed by atoms with Crippen molar-refractivity contribution in [3.63, 3.8) is 0 Å². The molecule has 1 saturated carbocycles. The van der Waals surface area contributed by atoms with E-state index in [-0.39, 0.29) is 5.97 Å². The molecule has 0 aliphatic heterocycles. The zero-order valence-electron chi connectivity index (χ0n) is 9.47. The Morgan fingerprint density at radius 1 is 1.56 bits per heavy atom. The van der Waals surface area contributed by atoms with Crippen molar-refractivity contribution in [1.29, 1.82) is 0 Å². The van der Waals surface area contributed by atoms with Gasteiger partial charge in [-0.2, -0.15) is 0 Å². The highest BCUT2D eigenvalue weighted by atomic mass is 32.2. The summed E-state index contributed by atoms with van der Waals surface area (Å²) in [5.74, 6) is 1.71. The van der Waals surface area contributed by atoms with Gasteiger partial charge in [-0.3, -0.25) is 4.79 Å². The van der Waals surface area contributed by atoms with E-state index in [2.05, 4.69) is 26.4 Å². The zero-order valence-corrected chi connectivity index (χ0v) is 10.3. The van der Waals surface area contributed by atoms with Crippen molar-refractivity contribution in [3.8, 4) is 0 Å². The number of hydrogen-bond acceptors (Lipinski definition) is 5. The first-order valence-electron chi connectivity index (χ1n) is 5.39. The Bertz CT molecular complexity index is 387. The molecule has 0 radical (unpaired) electrons. The maximum Gasteiger partial charge on any atom is 0.316 e. The van der Waals surface area contributed by atoms with Crippen LogP contribution in [0.2, 0.25) is 0 Å². The van der Waals surface area contributed by atoms with Gasteiger partial charge in [-0.1, -0.05) is 11.8 Å². The van der Waals surface area contributed by atoms with Gasteiger partial charge in [0.1, 0.15) is 5.82 Å². The van der Waals surface area contributed by atoms with Crippen LogP contribution >= 0.6 is 11.8 Å². The van der Waals surface area contributed by atoms with Crippen LogP contribution in [0.3, 0.4) is 0 Å². The predicted molar refractivity (Wildman–Crippen MR) is 60.4 cm³/mol. The lowest BCUT2D eigenvalue weighted by Crippen LogP contribution is -2.06. The molecule has 0 bridgehead atoms. The fourth-order valence-electron chi connectivity index (χ4n) is 1.53. The Morgan fingerprint density at radius 2 is 2.31 bits per heavy atom. The van der Waals surface area contributed by atoms with Gasteiger partial charge < -0.3 is 9.30 Å². The van der Waals surface area contributed by atoms with Crippen LogP contribution in [0, 0.1) is 0 Å². The molecule has 88 valence electrons. The van der Waals surface area contributed by atoms with Crippen LogP contribution in [0.5, 0.6) is 0 Å². The average Bonchev–Trinajstić information content (AvgIpc) is 3.06. The van der Waals surface area contributed by atoms with Crippen LogP contribution in [0.1, 0.15) is 31.5 Å². The summed E-state index contributed by atoms with van der Waals surface area (Å²) in [5, 5.41) is 9.13. The highest BCUT2D eigenvalue weighted by Crippen LogP contribution is 2.39. The Kier molecular flexibility index (Phi) is 3.48. The largest absolute Gasteiger partial charge is 0.468 e. The number of carbonyl (C=O) groups excluding carboxylic acids is 1. The zero-order chi connectivity index (χ0) is 11.5. The molecule has 6 heteroatoms. The number of ether oxygens (including phenoxy) is 1. The number of methoxy groups -OCH3 is 1. The van der Waals surface area contributed by atoms with Crippen molar-refractivity contribution in [1.82, 2.24) is 14.8 Å².